The van der Waals surface area contributed by atoms with Crippen LogP contribution in [0.1, 0.15) is 56.7 Å². The number of H-pyrrole nitrogens is 1. The second-order valence-electron chi connectivity index (χ2n) is 16.7. The standard InChI is InChI=1S/C44H63N11O10S2/c1-22(2)36-44(65)53-33(43(64)55-37(24(4)56)38(47)59)21-67-66-20-32(49-35(58)18-46)42(63)51-30(16-25-12-13-34(57)23(3)15-25)40(61)52-31(17-26-19-48-28-10-6-5-9-27(26)28)41(62)50-29(39(60)54-36)11-7-8-14-45/h5-6,9-10,12-13,15,19,22,24,29-33,36-37,48,56-57H,7-8,11,14,16-18,20-21,45-46H2,1-4H3,(H2,47,59)(H,49,58)(H,50,62)(H,51,63)(H,52,61)(H,53,65)(H,54,60)(H,55,64)/t24?,29-,30-,31+,32+,33+,36?,37?/m0/s1. The van der Waals surface area contributed by atoms with Gasteiger partial charge in [0.05, 0.1) is 12.6 Å². The number of fused-ring (bicyclic) bond motifs is 1. The van der Waals surface area contributed by atoms with Crippen LogP contribution in [0.2, 0.25) is 0 Å². The second-order valence-corrected chi connectivity index (χ2v) is 19.2. The number of aliphatic hydroxyl groups is 1. The van der Waals surface area contributed by atoms with Gasteiger partial charge in [-0.05, 0) is 74.4 Å². The van der Waals surface area contributed by atoms with Crippen LogP contribution in [0.4, 0.5) is 0 Å². The zero-order valence-corrected chi connectivity index (χ0v) is 39.5. The molecule has 2 heterocycles. The molecule has 0 aliphatic carbocycles. The number of nitrogens with two attached hydrogens (primary N) is 3. The van der Waals surface area contributed by atoms with Crippen LogP contribution in [0.5, 0.6) is 5.75 Å². The van der Waals surface area contributed by atoms with Crippen LogP contribution in [-0.2, 0) is 51.2 Å². The van der Waals surface area contributed by atoms with Crippen molar-refractivity contribution < 1.29 is 48.6 Å². The van der Waals surface area contributed by atoms with Gasteiger partial charge >= 0.3 is 0 Å². The minimum Gasteiger partial charge on any atom is -0.508 e. The molecule has 8 amide bonds. The molecule has 23 heteroatoms. The molecule has 0 saturated carbocycles. The molecule has 366 valence electrons. The highest BCUT2D eigenvalue weighted by Crippen LogP contribution is 2.25. The molecule has 8 atom stereocenters. The lowest BCUT2D eigenvalue weighted by molar-refractivity contribution is -0.136. The number of amides is 8. The minimum absolute atomic E-state index is 0.00250. The number of para-hydroxylation sites is 1. The van der Waals surface area contributed by atoms with Gasteiger partial charge in [0.1, 0.15) is 48.0 Å². The van der Waals surface area contributed by atoms with E-state index in [4.69, 9.17) is 17.2 Å². The lowest BCUT2D eigenvalue weighted by atomic mass is 9.99. The fourth-order valence-corrected chi connectivity index (χ4v) is 9.51. The van der Waals surface area contributed by atoms with Crippen molar-refractivity contribution in [1.82, 2.24) is 42.2 Å². The van der Waals surface area contributed by atoms with Crippen molar-refractivity contribution >= 4 is 79.7 Å². The van der Waals surface area contributed by atoms with E-state index in [0.717, 1.165) is 32.5 Å². The van der Waals surface area contributed by atoms with E-state index in [1.807, 2.05) is 24.3 Å². The summed E-state index contributed by atoms with van der Waals surface area (Å²) in [5.41, 5.74) is 19.3. The van der Waals surface area contributed by atoms with E-state index in [2.05, 4.69) is 42.2 Å². The normalized spacial score (nSPS) is 22.6. The van der Waals surface area contributed by atoms with Gasteiger partial charge in [-0.2, -0.15) is 0 Å². The van der Waals surface area contributed by atoms with E-state index in [1.165, 1.54) is 13.0 Å². The Bertz CT molecular complexity index is 2240. The van der Waals surface area contributed by atoms with Gasteiger partial charge in [0.15, 0.2) is 0 Å². The summed E-state index contributed by atoms with van der Waals surface area (Å²) in [6.07, 6.45) is 1.04. The zero-order valence-electron chi connectivity index (χ0n) is 37.9. The van der Waals surface area contributed by atoms with Crippen LogP contribution in [0.15, 0.2) is 48.7 Å². The van der Waals surface area contributed by atoms with Crippen molar-refractivity contribution in [2.24, 2.45) is 23.1 Å². The van der Waals surface area contributed by atoms with Crippen LogP contribution in [-0.4, -0.2) is 135 Å². The fraction of sp³-hybridized carbons (Fsp3) is 0.500. The van der Waals surface area contributed by atoms with Crippen molar-refractivity contribution in [3.05, 3.63) is 65.4 Å². The molecule has 21 nitrogen and oxygen atoms in total. The molecule has 1 saturated heterocycles. The second kappa shape index (κ2) is 25.9. The number of benzene rings is 2. The molecule has 4 rings (SSSR count). The number of carbonyl (C=O) groups excluding carboxylic acids is 8. The summed E-state index contributed by atoms with van der Waals surface area (Å²) in [6.45, 7) is 6.02. The lowest BCUT2D eigenvalue weighted by Gasteiger charge is -2.29. The van der Waals surface area contributed by atoms with E-state index < -0.39 is 108 Å². The van der Waals surface area contributed by atoms with Gasteiger partial charge in [-0.15, -0.1) is 0 Å². The fourth-order valence-electron chi connectivity index (χ4n) is 7.18. The predicted octanol–water partition coefficient (Wildman–Crippen LogP) is -1.63. The molecule has 67 heavy (non-hydrogen) atoms. The Morgan fingerprint density at radius 1 is 0.806 bits per heavy atom. The molecule has 1 aliphatic heterocycles. The number of primary amides is 1. The molecule has 3 aromatic rings. The molecule has 1 fully saturated rings. The third-order valence-electron chi connectivity index (χ3n) is 11.0. The Morgan fingerprint density at radius 2 is 1.45 bits per heavy atom. The largest absolute Gasteiger partial charge is 0.508 e. The Hall–Kier alpha value is -5.88. The number of nitrogens with one attached hydrogen (secondary N) is 8. The van der Waals surface area contributed by atoms with E-state index in [-0.39, 0.29) is 43.1 Å². The number of hydrogen-bond donors (Lipinski definition) is 13. The third kappa shape index (κ3) is 15.9. The van der Waals surface area contributed by atoms with Gasteiger partial charge in [-0.3, -0.25) is 38.4 Å². The number of unbranched alkanes of at least 4 members (excludes halogenated alkanes) is 1. The zero-order chi connectivity index (χ0) is 49.4. The molecular weight excluding hydrogens is 907 g/mol. The van der Waals surface area contributed by atoms with E-state index in [0.29, 0.717) is 29.5 Å². The van der Waals surface area contributed by atoms with E-state index >= 15 is 0 Å². The van der Waals surface area contributed by atoms with Gasteiger partial charge < -0.3 is 69.6 Å². The molecule has 1 aromatic heterocycles. The smallest absolute Gasteiger partial charge is 0.244 e. The number of aromatic hydroxyl groups is 1. The van der Waals surface area contributed by atoms with Crippen LogP contribution in [0.25, 0.3) is 10.9 Å². The predicted molar refractivity (Wildman–Crippen MR) is 255 cm³/mol. The number of carbonyl (C=O) groups is 8. The van der Waals surface area contributed by atoms with Gasteiger partial charge in [0, 0.05) is 41.4 Å². The van der Waals surface area contributed by atoms with Gasteiger partial charge in [-0.25, -0.2) is 0 Å². The topological polar surface area (TPSA) is 355 Å². The Balaban J connectivity index is 1.83. The van der Waals surface area contributed by atoms with Crippen molar-refractivity contribution in [2.75, 3.05) is 24.6 Å². The summed E-state index contributed by atoms with van der Waals surface area (Å²) in [5.74, 6) is -7.47. The van der Waals surface area contributed by atoms with E-state index in [9.17, 15) is 48.6 Å². The molecule has 1 aliphatic rings. The Labute approximate surface area is 396 Å². The Kier molecular flexibility index (Phi) is 20.7. The number of phenolic OH excluding ortho intramolecular Hbond substituents is 1. The first-order valence-corrected chi connectivity index (χ1v) is 24.4. The van der Waals surface area contributed by atoms with Crippen molar-refractivity contribution in [2.45, 2.75) is 108 Å². The SMILES string of the molecule is Cc1cc(C[C@@H]2NC(=O)[C@H](NC(=O)CN)CSSC[C@H](C(=O)NC(C(N)=O)C(C)O)NC(=O)C(C(C)C)NC(=O)[C@H](CCCCN)NC(=O)[C@@H](Cc3c[nH]c4ccccc34)NC2=O)ccc1O. The maximum atomic E-state index is 14.6. The first-order chi connectivity index (χ1) is 31.8. The van der Waals surface area contributed by atoms with E-state index in [1.54, 1.807) is 39.1 Å². The highest BCUT2D eigenvalue weighted by molar-refractivity contribution is 8.76. The molecular formula is C44H63N11O10S2. The average molecular weight is 970 g/mol. The van der Waals surface area contributed by atoms with Gasteiger partial charge in [-0.1, -0.05) is 65.8 Å². The molecule has 0 spiro atoms. The third-order valence-corrected chi connectivity index (χ3v) is 13.4. The van der Waals surface area contributed by atoms with Crippen molar-refractivity contribution in [3.63, 3.8) is 0 Å². The molecule has 3 unspecified atom stereocenters. The van der Waals surface area contributed by atoms with Crippen molar-refractivity contribution in [3.8, 4) is 5.75 Å². The molecule has 0 radical (unpaired) electrons. The van der Waals surface area contributed by atoms with Gasteiger partial charge in [0.25, 0.3) is 0 Å². The first-order valence-electron chi connectivity index (χ1n) is 21.9. The first kappa shape index (κ1) is 53.7. The number of aromatic amines is 1. The summed E-state index contributed by atoms with van der Waals surface area (Å²) in [7, 11) is 2.02. The van der Waals surface area contributed by atoms with Crippen molar-refractivity contribution in [1.29, 1.82) is 0 Å². The summed E-state index contributed by atoms with van der Waals surface area (Å²) in [5, 5.41) is 39.8. The minimum atomic E-state index is -1.53. The summed E-state index contributed by atoms with van der Waals surface area (Å²) in [6, 6.07) is 2.47. The summed E-state index contributed by atoms with van der Waals surface area (Å²) < 4.78 is 0. The van der Waals surface area contributed by atoms with Crippen LogP contribution >= 0.6 is 21.6 Å². The number of aromatic nitrogens is 1. The number of phenols is 1. The quantitative estimate of drug-likeness (QED) is 0.0601. The number of rotatable bonds is 15. The molecule has 2 aromatic carbocycles. The maximum Gasteiger partial charge on any atom is 0.244 e. The summed E-state index contributed by atoms with van der Waals surface area (Å²) in [4.78, 5) is 113. The van der Waals surface area contributed by atoms with Crippen LogP contribution in [0.3, 0.4) is 0 Å². The summed E-state index contributed by atoms with van der Waals surface area (Å²) >= 11 is 0. The monoisotopic (exact) mass is 969 g/mol. The molecule has 16 N–H and O–H groups in total. The number of aliphatic hydroxyl groups excluding tert-OH is 1. The number of aryl methyl sites for hydroxylation is 1. The highest BCUT2D eigenvalue weighted by Gasteiger charge is 2.36. The maximum absolute atomic E-state index is 14.6. The van der Waals surface area contributed by atoms with Gasteiger partial charge in [0.2, 0.25) is 47.3 Å². The average Bonchev–Trinajstić information content (AvgIpc) is 3.69. The lowest BCUT2D eigenvalue weighted by Crippen LogP contribution is -2.62. The molecule has 0 bridgehead atoms. The van der Waals surface area contributed by atoms with Crippen LogP contribution in [0, 0.1) is 12.8 Å². The van der Waals surface area contributed by atoms with Crippen LogP contribution < -0.4 is 54.4 Å². The Morgan fingerprint density at radius 3 is 2.09 bits per heavy atom. The number of hydrogen-bond acceptors (Lipinski definition) is 14. The highest BCUT2D eigenvalue weighted by atomic mass is 33.1.